The number of carboxylic acids is 1. The maximum absolute atomic E-state index is 12.3. The number of ether oxygens (including phenoxy) is 1. The van der Waals surface area contributed by atoms with Gasteiger partial charge in [-0.2, -0.15) is 0 Å². The number of hydrogen-bond donors (Lipinski definition) is 2. The minimum atomic E-state index is -0.774. The molecule has 0 aliphatic carbocycles. The number of halogens is 1. The van der Waals surface area contributed by atoms with Crippen LogP contribution in [0.5, 0.6) is 5.75 Å². The predicted octanol–water partition coefficient (Wildman–Crippen LogP) is 2.72. The van der Waals surface area contributed by atoms with Crippen LogP contribution in [-0.2, 0) is 9.59 Å². The number of amides is 1. The monoisotopic (exact) mass is 354 g/mol. The molecule has 0 saturated carbocycles. The number of methoxy groups -OCH3 is 1. The molecule has 1 amide bonds. The van der Waals surface area contributed by atoms with Gasteiger partial charge in [0.25, 0.3) is 0 Å². The van der Waals surface area contributed by atoms with Gasteiger partial charge in [0, 0.05) is 31.1 Å². The van der Waals surface area contributed by atoms with E-state index in [2.05, 4.69) is 5.32 Å². The number of likely N-dealkylation sites (tertiary alicyclic amines) is 1. The van der Waals surface area contributed by atoms with Crippen molar-refractivity contribution in [2.24, 2.45) is 11.8 Å². The lowest BCUT2D eigenvalue weighted by Gasteiger charge is -2.35. The van der Waals surface area contributed by atoms with Gasteiger partial charge in [-0.15, -0.1) is 0 Å². The number of rotatable bonds is 6. The van der Waals surface area contributed by atoms with Gasteiger partial charge < -0.3 is 20.1 Å². The molecule has 1 fully saturated rings. The Bertz CT molecular complexity index is 608. The van der Waals surface area contributed by atoms with Gasteiger partial charge in [0.2, 0.25) is 5.91 Å². The second kappa shape index (κ2) is 8.24. The topological polar surface area (TPSA) is 78.9 Å². The van der Waals surface area contributed by atoms with E-state index in [1.165, 1.54) is 0 Å². The first-order valence-electron chi connectivity index (χ1n) is 8.00. The normalized spacial score (nSPS) is 20.5. The molecule has 24 heavy (non-hydrogen) atoms. The minimum Gasteiger partial charge on any atom is -0.495 e. The summed E-state index contributed by atoms with van der Waals surface area (Å²) in [6.45, 7) is 3.34. The molecule has 6 nitrogen and oxygen atoms in total. The van der Waals surface area contributed by atoms with E-state index < -0.39 is 5.97 Å². The Balaban J connectivity index is 1.84. The molecule has 2 rings (SSSR count). The van der Waals surface area contributed by atoms with Gasteiger partial charge in [0.1, 0.15) is 5.75 Å². The van der Waals surface area contributed by atoms with Gasteiger partial charge in [-0.1, -0.05) is 18.5 Å². The van der Waals surface area contributed by atoms with E-state index in [0.29, 0.717) is 43.2 Å². The van der Waals surface area contributed by atoms with Gasteiger partial charge in [-0.3, -0.25) is 9.59 Å². The van der Waals surface area contributed by atoms with Gasteiger partial charge in [-0.25, -0.2) is 0 Å². The molecule has 2 unspecified atom stereocenters. The van der Waals surface area contributed by atoms with Gasteiger partial charge in [-0.05, 0) is 30.5 Å². The van der Waals surface area contributed by atoms with E-state index in [9.17, 15) is 9.59 Å². The molecule has 0 radical (unpaired) electrons. The van der Waals surface area contributed by atoms with Crippen LogP contribution in [0.3, 0.4) is 0 Å². The first kappa shape index (κ1) is 18.4. The van der Waals surface area contributed by atoms with E-state index >= 15 is 0 Å². The quantitative estimate of drug-likeness (QED) is 0.821. The molecular weight excluding hydrogens is 332 g/mol. The van der Waals surface area contributed by atoms with Crippen LogP contribution in [0.25, 0.3) is 0 Å². The molecule has 2 N–H and O–H groups in total. The predicted molar refractivity (Wildman–Crippen MR) is 92.6 cm³/mol. The fourth-order valence-electron chi connectivity index (χ4n) is 3.02. The van der Waals surface area contributed by atoms with Crippen molar-refractivity contribution in [3.05, 3.63) is 23.2 Å². The lowest BCUT2D eigenvalue weighted by atomic mass is 9.87. The first-order chi connectivity index (χ1) is 11.4. The van der Waals surface area contributed by atoms with Crippen LogP contribution in [0, 0.1) is 11.8 Å². The fourth-order valence-corrected chi connectivity index (χ4v) is 3.19. The SMILES string of the molecule is COc1ccc(Cl)cc1NCCC(=O)N1CCC(C(=O)O)C(C)C1. The molecule has 1 aliphatic heterocycles. The standard InChI is InChI=1S/C17H23ClN2O4/c1-11-10-20(8-6-13(11)17(22)23)16(21)5-7-19-14-9-12(18)3-4-15(14)24-2/h3-4,9,11,13,19H,5-8,10H2,1-2H3,(H,22,23). The molecule has 1 aliphatic rings. The van der Waals surface area contributed by atoms with Crippen molar-refractivity contribution in [1.82, 2.24) is 4.90 Å². The van der Waals surface area contributed by atoms with Crippen LogP contribution in [0.1, 0.15) is 19.8 Å². The second-order valence-electron chi connectivity index (χ2n) is 6.07. The molecule has 0 aromatic heterocycles. The zero-order valence-electron chi connectivity index (χ0n) is 13.9. The average molecular weight is 355 g/mol. The molecule has 1 aromatic carbocycles. The highest BCUT2D eigenvalue weighted by Crippen LogP contribution is 2.28. The summed E-state index contributed by atoms with van der Waals surface area (Å²) in [5.74, 6) is -0.463. The lowest BCUT2D eigenvalue weighted by Crippen LogP contribution is -2.45. The zero-order chi connectivity index (χ0) is 17.7. The number of nitrogens with one attached hydrogen (secondary N) is 1. The minimum absolute atomic E-state index is 0.0267. The number of carbonyl (C=O) groups is 2. The van der Waals surface area contributed by atoms with Crippen LogP contribution in [0.15, 0.2) is 18.2 Å². The summed E-state index contributed by atoms with van der Waals surface area (Å²) in [6, 6.07) is 5.26. The number of aliphatic carboxylic acids is 1. The van der Waals surface area contributed by atoms with Crippen LogP contribution in [0.4, 0.5) is 5.69 Å². The summed E-state index contributed by atoms with van der Waals surface area (Å²) in [5.41, 5.74) is 0.746. The Morgan fingerprint density at radius 1 is 1.46 bits per heavy atom. The molecule has 7 heteroatoms. The largest absolute Gasteiger partial charge is 0.495 e. The van der Waals surface area contributed by atoms with Crippen molar-refractivity contribution in [3.8, 4) is 5.75 Å². The Labute approximate surface area is 146 Å². The third-order valence-electron chi connectivity index (χ3n) is 4.39. The van der Waals surface area contributed by atoms with Gasteiger partial charge >= 0.3 is 5.97 Å². The Hall–Kier alpha value is -1.95. The van der Waals surface area contributed by atoms with Crippen LogP contribution < -0.4 is 10.1 Å². The van der Waals surface area contributed by atoms with Crippen molar-refractivity contribution in [2.45, 2.75) is 19.8 Å². The van der Waals surface area contributed by atoms with Crippen LogP contribution >= 0.6 is 11.6 Å². The number of nitrogens with zero attached hydrogens (tertiary/aromatic N) is 1. The van der Waals surface area contributed by atoms with Crippen molar-refractivity contribution in [3.63, 3.8) is 0 Å². The number of carboxylic acid groups (broad SMARTS) is 1. The van der Waals surface area contributed by atoms with Gasteiger partial charge in [0.05, 0.1) is 18.7 Å². The summed E-state index contributed by atoms with van der Waals surface area (Å²) >= 11 is 5.97. The summed E-state index contributed by atoms with van der Waals surface area (Å²) in [4.78, 5) is 25.2. The maximum atomic E-state index is 12.3. The maximum Gasteiger partial charge on any atom is 0.306 e. The van der Waals surface area contributed by atoms with Crippen molar-refractivity contribution < 1.29 is 19.4 Å². The Kier molecular flexibility index (Phi) is 6.31. The van der Waals surface area contributed by atoms with Gasteiger partial charge in [0.15, 0.2) is 0 Å². The fraction of sp³-hybridized carbons (Fsp3) is 0.529. The Morgan fingerprint density at radius 2 is 2.21 bits per heavy atom. The number of carbonyl (C=O) groups excluding carboxylic acids is 1. The molecule has 2 atom stereocenters. The number of piperidine rings is 1. The molecule has 0 spiro atoms. The highest BCUT2D eigenvalue weighted by molar-refractivity contribution is 6.30. The molecular formula is C17H23ClN2O4. The number of benzene rings is 1. The third kappa shape index (κ3) is 4.54. The van der Waals surface area contributed by atoms with Crippen molar-refractivity contribution >= 4 is 29.2 Å². The summed E-state index contributed by atoms with van der Waals surface area (Å²) < 4.78 is 5.25. The van der Waals surface area contributed by atoms with E-state index in [-0.39, 0.29) is 17.7 Å². The highest BCUT2D eigenvalue weighted by Gasteiger charge is 2.32. The summed E-state index contributed by atoms with van der Waals surface area (Å²) in [7, 11) is 1.58. The van der Waals surface area contributed by atoms with Crippen LogP contribution in [-0.4, -0.2) is 48.6 Å². The van der Waals surface area contributed by atoms with E-state index in [1.807, 2.05) is 6.92 Å². The van der Waals surface area contributed by atoms with E-state index in [1.54, 1.807) is 30.2 Å². The number of hydrogen-bond acceptors (Lipinski definition) is 4. The molecule has 1 saturated heterocycles. The Morgan fingerprint density at radius 3 is 2.83 bits per heavy atom. The van der Waals surface area contributed by atoms with E-state index in [4.69, 9.17) is 21.4 Å². The molecule has 1 heterocycles. The molecule has 1 aromatic rings. The van der Waals surface area contributed by atoms with Crippen LogP contribution in [0.2, 0.25) is 5.02 Å². The highest BCUT2D eigenvalue weighted by atomic mass is 35.5. The van der Waals surface area contributed by atoms with Crippen molar-refractivity contribution in [1.29, 1.82) is 0 Å². The number of anilines is 1. The molecule has 132 valence electrons. The lowest BCUT2D eigenvalue weighted by molar-refractivity contribution is -0.148. The zero-order valence-corrected chi connectivity index (χ0v) is 14.7. The third-order valence-corrected chi connectivity index (χ3v) is 4.63. The van der Waals surface area contributed by atoms with E-state index in [0.717, 1.165) is 5.69 Å². The average Bonchev–Trinajstić information content (AvgIpc) is 2.54. The van der Waals surface area contributed by atoms with Crippen molar-refractivity contribution in [2.75, 3.05) is 32.1 Å². The first-order valence-corrected chi connectivity index (χ1v) is 8.38. The summed E-state index contributed by atoms with van der Waals surface area (Å²) in [5, 5.41) is 12.9. The second-order valence-corrected chi connectivity index (χ2v) is 6.51. The smallest absolute Gasteiger partial charge is 0.306 e. The summed E-state index contributed by atoms with van der Waals surface area (Å²) in [6.07, 6.45) is 0.845. The molecule has 0 bridgehead atoms.